The first-order valence-corrected chi connectivity index (χ1v) is 6.16. The van der Waals surface area contributed by atoms with Crippen molar-refractivity contribution in [1.82, 2.24) is 4.90 Å². The summed E-state index contributed by atoms with van der Waals surface area (Å²) in [4.78, 5) is 14.3. The molecule has 1 rings (SSSR count). The van der Waals surface area contributed by atoms with Crippen LogP contribution in [0.4, 0.5) is 0 Å². The molecule has 0 bridgehead atoms. The Morgan fingerprint density at radius 1 is 1.50 bits per heavy atom. The molecule has 4 nitrogen and oxygen atoms in total. The lowest BCUT2D eigenvalue weighted by Crippen LogP contribution is -2.49. The second-order valence-corrected chi connectivity index (χ2v) is 4.63. The van der Waals surface area contributed by atoms with Crippen LogP contribution in [-0.4, -0.2) is 43.7 Å². The van der Waals surface area contributed by atoms with E-state index >= 15 is 0 Å². The molecular formula is C12H24N2O2. The lowest BCUT2D eigenvalue weighted by Gasteiger charge is -2.35. The number of carbonyl (C=O) groups is 1. The molecule has 2 N–H and O–H groups in total. The van der Waals surface area contributed by atoms with E-state index in [1.807, 2.05) is 25.8 Å². The van der Waals surface area contributed by atoms with E-state index in [0.717, 1.165) is 25.9 Å². The van der Waals surface area contributed by atoms with Gasteiger partial charge in [0.2, 0.25) is 5.91 Å². The van der Waals surface area contributed by atoms with Crippen molar-refractivity contribution in [3.8, 4) is 0 Å². The Morgan fingerprint density at radius 2 is 2.12 bits per heavy atom. The Balaban J connectivity index is 2.73. The second-order valence-electron chi connectivity index (χ2n) is 4.63. The van der Waals surface area contributed by atoms with Crippen LogP contribution in [0.5, 0.6) is 0 Å². The average Bonchev–Trinajstić information content (AvgIpc) is 2.84. The highest BCUT2D eigenvalue weighted by Crippen LogP contribution is 2.29. The summed E-state index contributed by atoms with van der Waals surface area (Å²) < 4.78 is 5.32. The van der Waals surface area contributed by atoms with E-state index in [4.69, 9.17) is 10.5 Å². The van der Waals surface area contributed by atoms with Crippen LogP contribution >= 0.6 is 0 Å². The molecule has 16 heavy (non-hydrogen) atoms. The van der Waals surface area contributed by atoms with Gasteiger partial charge in [-0.05, 0) is 19.3 Å². The molecule has 0 saturated carbocycles. The third-order valence-electron chi connectivity index (χ3n) is 3.97. The van der Waals surface area contributed by atoms with Crippen molar-refractivity contribution in [1.29, 1.82) is 0 Å². The number of amides is 1. The van der Waals surface area contributed by atoms with Crippen molar-refractivity contribution in [3.63, 3.8) is 0 Å². The van der Waals surface area contributed by atoms with Crippen molar-refractivity contribution in [2.45, 2.75) is 39.2 Å². The SMILES string of the molecule is CCC(CC)(CN)C(=O)N(C)C1CCOC1. The molecule has 94 valence electrons. The highest BCUT2D eigenvalue weighted by Gasteiger charge is 2.38. The molecule has 4 heteroatoms. The Kier molecular flexibility index (Phi) is 4.74. The van der Waals surface area contributed by atoms with Crippen LogP contribution in [0.25, 0.3) is 0 Å². The van der Waals surface area contributed by atoms with E-state index in [-0.39, 0.29) is 17.4 Å². The van der Waals surface area contributed by atoms with E-state index in [1.54, 1.807) is 0 Å². The Bertz CT molecular complexity index is 225. The molecule has 1 atom stereocenters. The molecule has 1 fully saturated rings. The maximum Gasteiger partial charge on any atom is 0.230 e. The second kappa shape index (κ2) is 5.64. The van der Waals surface area contributed by atoms with Crippen molar-refractivity contribution in [2.75, 3.05) is 26.8 Å². The number of nitrogens with zero attached hydrogens (tertiary/aromatic N) is 1. The van der Waals surface area contributed by atoms with Gasteiger partial charge in [-0.15, -0.1) is 0 Å². The molecule has 0 aromatic heterocycles. The molecular weight excluding hydrogens is 204 g/mol. The molecule has 0 radical (unpaired) electrons. The average molecular weight is 228 g/mol. The van der Waals surface area contributed by atoms with E-state index in [9.17, 15) is 4.79 Å². The molecule has 1 aliphatic heterocycles. The standard InChI is InChI=1S/C12H24N2O2/c1-4-12(5-2,9-13)11(15)14(3)10-6-7-16-8-10/h10H,4-9,13H2,1-3H3. The van der Waals surface area contributed by atoms with Gasteiger partial charge in [0.15, 0.2) is 0 Å². The Labute approximate surface area is 98.1 Å². The van der Waals surface area contributed by atoms with Crippen LogP contribution in [0, 0.1) is 5.41 Å². The normalized spacial score (nSPS) is 21.1. The zero-order valence-electron chi connectivity index (χ0n) is 10.7. The Morgan fingerprint density at radius 3 is 2.50 bits per heavy atom. The minimum Gasteiger partial charge on any atom is -0.379 e. The fourth-order valence-electron chi connectivity index (χ4n) is 2.30. The highest BCUT2D eigenvalue weighted by atomic mass is 16.5. The first-order chi connectivity index (χ1) is 7.61. The van der Waals surface area contributed by atoms with Crippen molar-refractivity contribution < 1.29 is 9.53 Å². The largest absolute Gasteiger partial charge is 0.379 e. The van der Waals surface area contributed by atoms with E-state index in [0.29, 0.717) is 13.2 Å². The Hall–Kier alpha value is -0.610. The summed E-state index contributed by atoms with van der Waals surface area (Å²) in [5.41, 5.74) is 5.41. The van der Waals surface area contributed by atoms with Crippen molar-refractivity contribution in [2.24, 2.45) is 11.1 Å². The minimum atomic E-state index is -0.378. The molecule has 1 heterocycles. The lowest BCUT2D eigenvalue weighted by molar-refractivity contribution is -0.143. The van der Waals surface area contributed by atoms with Crippen LogP contribution < -0.4 is 5.73 Å². The maximum absolute atomic E-state index is 12.4. The van der Waals surface area contributed by atoms with Crippen LogP contribution in [0.2, 0.25) is 0 Å². The topological polar surface area (TPSA) is 55.6 Å². The number of carbonyl (C=O) groups excluding carboxylic acids is 1. The predicted octanol–water partition coefficient (Wildman–Crippen LogP) is 0.999. The van der Waals surface area contributed by atoms with E-state index in [1.165, 1.54) is 0 Å². The van der Waals surface area contributed by atoms with Gasteiger partial charge in [0.1, 0.15) is 0 Å². The van der Waals surface area contributed by atoms with E-state index < -0.39 is 0 Å². The van der Waals surface area contributed by atoms with Crippen molar-refractivity contribution in [3.05, 3.63) is 0 Å². The number of hydrogen-bond acceptors (Lipinski definition) is 3. The van der Waals surface area contributed by atoms with Gasteiger partial charge >= 0.3 is 0 Å². The molecule has 0 spiro atoms. The molecule has 0 aromatic carbocycles. The predicted molar refractivity (Wildman–Crippen MR) is 64.1 cm³/mol. The molecule has 1 aliphatic rings. The van der Waals surface area contributed by atoms with Crippen molar-refractivity contribution >= 4 is 5.91 Å². The monoisotopic (exact) mass is 228 g/mol. The first-order valence-electron chi connectivity index (χ1n) is 6.16. The summed E-state index contributed by atoms with van der Waals surface area (Å²) in [7, 11) is 1.87. The lowest BCUT2D eigenvalue weighted by atomic mass is 9.80. The molecule has 1 saturated heterocycles. The fourth-order valence-corrected chi connectivity index (χ4v) is 2.30. The molecule has 1 amide bonds. The first kappa shape index (κ1) is 13.5. The van der Waals surface area contributed by atoms with Gasteiger partial charge in [-0.3, -0.25) is 4.79 Å². The summed E-state index contributed by atoms with van der Waals surface area (Å²) in [5.74, 6) is 0.176. The number of nitrogens with two attached hydrogens (primary N) is 1. The summed E-state index contributed by atoms with van der Waals surface area (Å²) in [5, 5.41) is 0. The van der Waals surface area contributed by atoms with Crippen LogP contribution in [-0.2, 0) is 9.53 Å². The van der Waals surface area contributed by atoms with Crippen LogP contribution in [0.15, 0.2) is 0 Å². The molecule has 0 aliphatic carbocycles. The molecule has 1 unspecified atom stereocenters. The third kappa shape index (κ3) is 2.38. The van der Waals surface area contributed by atoms with Gasteiger partial charge < -0.3 is 15.4 Å². The number of hydrogen-bond donors (Lipinski definition) is 1. The minimum absolute atomic E-state index is 0.176. The highest BCUT2D eigenvalue weighted by molar-refractivity contribution is 5.83. The van der Waals surface area contributed by atoms with Gasteiger partial charge in [-0.1, -0.05) is 13.8 Å². The fraction of sp³-hybridized carbons (Fsp3) is 0.917. The van der Waals surface area contributed by atoms with Gasteiger partial charge in [0.25, 0.3) is 0 Å². The van der Waals surface area contributed by atoms with E-state index in [2.05, 4.69) is 0 Å². The quantitative estimate of drug-likeness (QED) is 0.763. The van der Waals surface area contributed by atoms with Crippen LogP contribution in [0.3, 0.4) is 0 Å². The van der Waals surface area contributed by atoms with Crippen LogP contribution in [0.1, 0.15) is 33.1 Å². The summed E-state index contributed by atoms with van der Waals surface area (Å²) in [6, 6.07) is 0.233. The number of rotatable bonds is 5. The summed E-state index contributed by atoms with van der Waals surface area (Å²) in [6.45, 7) is 5.92. The summed E-state index contributed by atoms with van der Waals surface area (Å²) in [6.07, 6.45) is 2.55. The van der Waals surface area contributed by atoms with Gasteiger partial charge in [-0.2, -0.15) is 0 Å². The summed E-state index contributed by atoms with van der Waals surface area (Å²) >= 11 is 0. The third-order valence-corrected chi connectivity index (χ3v) is 3.97. The maximum atomic E-state index is 12.4. The number of ether oxygens (including phenoxy) is 1. The van der Waals surface area contributed by atoms with Gasteiger partial charge in [-0.25, -0.2) is 0 Å². The smallest absolute Gasteiger partial charge is 0.230 e. The number of likely N-dealkylation sites (N-methyl/N-ethyl adjacent to an activating group) is 1. The van der Waals surface area contributed by atoms with Gasteiger partial charge in [0.05, 0.1) is 18.1 Å². The zero-order valence-corrected chi connectivity index (χ0v) is 10.7. The zero-order chi connectivity index (χ0) is 12.2. The molecule has 0 aromatic rings. The van der Waals surface area contributed by atoms with Gasteiger partial charge in [0, 0.05) is 20.2 Å².